The molecule has 37 heavy (non-hydrogen) atoms. The van der Waals surface area contributed by atoms with Crippen molar-refractivity contribution in [2.24, 2.45) is 5.10 Å². The number of carbonyl (C=O) groups is 1. The molecule has 190 valence electrons. The molecule has 1 heterocycles. The predicted octanol–water partition coefficient (Wildman–Crippen LogP) is 5.61. The van der Waals surface area contributed by atoms with Gasteiger partial charge in [0.2, 0.25) is 0 Å². The van der Waals surface area contributed by atoms with Gasteiger partial charge in [0.1, 0.15) is 23.8 Å². The number of sulfonamides is 1. The van der Waals surface area contributed by atoms with Gasteiger partial charge in [-0.05, 0) is 54.6 Å². The van der Waals surface area contributed by atoms with Crippen LogP contribution in [-0.2, 0) is 14.8 Å². The number of furan rings is 1. The summed E-state index contributed by atoms with van der Waals surface area (Å²) in [6.07, 6.45) is 1.30. The van der Waals surface area contributed by atoms with Gasteiger partial charge in [-0.1, -0.05) is 47.5 Å². The highest BCUT2D eigenvalue weighted by molar-refractivity contribution is 7.92. The van der Waals surface area contributed by atoms with E-state index >= 15 is 0 Å². The van der Waals surface area contributed by atoms with Crippen LogP contribution in [0.4, 0.5) is 5.69 Å². The largest absolute Gasteiger partial charge is 0.497 e. The Bertz CT molecular complexity index is 1540. The Morgan fingerprint density at radius 2 is 1.81 bits per heavy atom. The number of anilines is 1. The van der Waals surface area contributed by atoms with E-state index in [0.717, 1.165) is 4.31 Å². The lowest BCUT2D eigenvalue weighted by molar-refractivity contribution is -0.119. The van der Waals surface area contributed by atoms with Crippen LogP contribution in [0.25, 0.3) is 11.3 Å². The summed E-state index contributed by atoms with van der Waals surface area (Å²) in [6.45, 7) is -0.522. The molecule has 0 atom stereocenters. The first kappa shape index (κ1) is 26.3. The molecule has 0 saturated carbocycles. The lowest BCUT2D eigenvalue weighted by Crippen LogP contribution is -2.39. The smallest absolute Gasteiger partial charge is 0.264 e. The van der Waals surface area contributed by atoms with Crippen LogP contribution >= 0.6 is 23.2 Å². The van der Waals surface area contributed by atoms with Crippen LogP contribution in [0.3, 0.4) is 0 Å². The summed E-state index contributed by atoms with van der Waals surface area (Å²) in [5, 5.41) is 4.83. The average Bonchev–Trinajstić information content (AvgIpc) is 3.36. The summed E-state index contributed by atoms with van der Waals surface area (Å²) in [7, 11) is -2.59. The Labute approximate surface area is 224 Å². The Kier molecular flexibility index (Phi) is 8.17. The molecule has 0 unspecified atom stereocenters. The zero-order valence-corrected chi connectivity index (χ0v) is 21.8. The van der Waals surface area contributed by atoms with E-state index in [1.165, 1.54) is 31.5 Å². The molecular formula is C26H21Cl2N3O5S. The van der Waals surface area contributed by atoms with Gasteiger partial charge in [-0.25, -0.2) is 13.8 Å². The topological polar surface area (TPSA) is 101 Å². The van der Waals surface area contributed by atoms with E-state index < -0.39 is 22.5 Å². The fourth-order valence-electron chi connectivity index (χ4n) is 3.39. The normalized spacial score (nSPS) is 11.4. The molecule has 8 nitrogen and oxygen atoms in total. The number of amides is 1. The van der Waals surface area contributed by atoms with Crippen molar-refractivity contribution in [2.75, 3.05) is 18.0 Å². The third kappa shape index (κ3) is 6.32. The number of methoxy groups -OCH3 is 1. The fourth-order valence-corrected chi connectivity index (χ4v) is 5.33. The lowest BCUT2D eigenvalue weighted by Gasteiger charge is -2.24. The number of rotatable bonds is 9. The summed E-state index contributed by atoms with van der Waals surface area (Å²) in [5.41, 5.74) is 3.25. The van der Waals surface area contributed by atoms with Crippen LogP contribution in [0.1, 0.15) is 5.76 Å². The number of hydrogen-bond donors (Lipinski definition) is 1. The molecular weight excluding hydrogens is 537 g/mol. The molecule has 0 aliphatic rings. The number of carbonyl (C=O) groups excluding carboxylic acids is 1. The van der Waals surface area contributed by atoms with E-state index in [-0.39, 0.29) is 10.6 Å². The van der Waals surface area contributed by atoms with Crippen LogP contribution in [0, 0.1) is 0 Å². The molecule has 1 amide bonds. The molecule has 0 aliphatic heterocycles. The maximum absolute atomic E-state index is 13.4. The summed E-state index contributed by atoms with van der Waals surface area (Å²) in [5.74, 6) is 0.625. The first-order valence-corrected chi connectivity index (χ1v) is 13.1. The van der Waals surface area contributed by atoms with Gasteiger partial charge in [0, 0.05) is 16.7 Å². The number of hydrogen-bond acceptors (Lipinski definition) is 6. The van der Waals surface area contributed by atoms with Crippen molar-refractivity contribution in [1.82, 2.24) is 5.43 Å². The van der Waals surface area contributed by atoms with Gasteiger partial charge in [0.15, 0.2) is 0 Å². The van der Waals surface area contributed by atoms with Crippen molar-refractivity contribution in [1.29, 1.82) is 0 Å². The van der Waals surface area contributed by atoms with Crippen molar-refractivity contribution in [2.45, 2.75) is 4.90 Å². The van der Waals surface area contributed by atoms with Gasteiger partial charge >= 0.3 is 0 Å². The first-order valence-electron chi connectivity index (χ1n) is 10.9. The number of nitrogens with one attached hydrogen (secondary N) is 1. The van der Waals surface area contributed by atoms with Crippen molar-refractivity contribution in [3.63, 3.8) is 0 Å². The standard InChI is InChI=1S/C26H21Cl2N3O5S/c1-35-20-7-5-6-19(15-20)31(37(33,34)22-8-3-2-4-9-22)17-26(32)30-29-16-21-11-13-25(36-21)23-12-10-18(27)14-24(23)28/h2-16H,17H2,1H3,(H,30,32)/b29-16-. The second kappa shape index (κ2) is 11.5. The maximum atomic E-state index is 13.4. The van der Waals surface area contributed by atoms with Crippen LogP contribution in [0.5, 0.6) is 5.75 Å². The average molecular weight is 558 g/mol. The van der Waals surface area contributed by atoms with Gasteiger partial charge in [-0.15, -0.1) is 0 Å². The zero-order valence-electron chi connectivity index (χ0n) is 19.5. The van der Waals surface area contributed by atoms with Crippen molar-refractivity contribution >= 4 is 51.0 Å². The van der Waals surface area contributed by atoms with E-state index in [1.54, 1.807) is 66.7 Å². The molecule has 0 fully saturated rings. The second-order valence-electron chi connectivity index (χ2n) is 7.65. The van der Waals surface area contributed by atoms with Crippen LogP contribution in [-0.4, -0.2) is 34.2 Å². The van der Waals surface area contributed by atoms with E-state index in [1.807, 2.05) is 0 Å². The number of hydrazone groups is 1. The van der Waals surface area contributed by atoms with Gasteiger partial charge in [0.05, 0.1) is 28.9 Å². The van der Waals surface area contributed by atoms with Gasteiger partial charge < -0.3 is 9.15 Å². The molecule has 0 radical (unpaired) electrons. The summed E-state index contributed by atoms with van der Waals surface area (Å²) < 4.78 is 38.7. The molecule has 4 rings (SSSR count). The van der Waals surface area contributed by atoms with Crippen LogP contribution in [0.15, 0.2) is 99.3 Å². The predicted molar refractivity (Wildman–Crippen MR) is 144 cm³/mol. The maximum Gasteiger partial charge on any atom is 0.264 e. The highest BCUT2D eigenvalue weighted by Gasteiger charge is 2.27. The third-order valence-electron chi connectivity index (χ3n) is 5.16. The number of benzene rings is 3. The minimum absolute atomic E-state index is 0.0399. The van der Waals surface area contributed by atoms with Gasteiger partial charge in [0.25, 0.3) is 15.9 Å². The molecule has 1 aromatic heterocycles. The lowest BCUT2D eigenvalue weighted by atomic mass is 10.2. The van der Waals surface area contributed by atoms with Crippen LogP contribution in [0.2, 0.25) is 10.0 Å². The van der Waals surface area contributed by atoms with E-state index in [4.69, 9.17) is 32.4 Å². The minimum atomic E-state index is -4.06. The summed E-state index contributed by atoms with van der Waals surface area (Å²) >= 11 is 12.2. The molecule has 4 aromatic rings. The SMILES string of the molecule is COc1cccc(N(CC(=O)N/N=C\c2ccc(-c3ccc(Cl)cc3Cl)o2)S(=O)(=O)c2ccccc2)c1. The molecule has 1 N–H and O–H groups in total. The Balaban J connectivity index is 1.51. The molecule has 0 saturated heterocycles. The molecule has 0 spiro atoms. The van der Waals surface area contributed by atoms with Crippen molar-refractivity contribution in [3.8, 4) is 17.1 Å². The fraction of sp³-hybridized carbons (Fsp3) is 0.0769. The monoisotopic (exact) mass is 557 g/mol. The zero-order chi connectivity index (χ0) is 26.4. The second-order valence-corrected chi connectivity index (χ2v) is 10.4. The Morgan fingerprint density at radius 1 is 1.03 bits per heavy atom. The van der Waals surface area contributed by atoms with Crippen LogP contribution < -0.4 is 14.5 Å². The van der Waals surface area contributed by atoms with E-state index in [9.17, 15) is 13.2 Å². The Hall–Kier alpha value is -3.79. The first-order chi connectivity index (χ1) is 17.8. The molecule has 3 aromatic carbocycles. The number of ether oxygens (including phenoxy) is 1. The van der Waals surface area contributed by atoms with Crippen molar-refractivity contribution < 1.29 is 22.4 Å². The summed E-state index contributed by atoms with van der Waals surface area (Å²) in [6, 6.07) is 22.6. The summed E-state index contributed by atoms with van der Waals surface area (Å²) in [4.78, 5) is 12.8. The van der Waals surface area contributed by atoms with Gasteiger partial charge in [-0.2, -0.15) is 5.10 Å². The highest BCUT2D eigenvalue weighted by Crippen LogP contribution is 2.31. The van der Waals surface area contributed by atoms with E-state index in [0.29, 0.717) is 32.9 Å². The van der Waals surface area contributed by atoms with Crippen molar-refractivity contribution in [3.05, 3.63) is 101 Å². The number of nitrogens with zero attached hydrogens (tertiary/aromatic N) is 2. The van der Waals surface area contributed by atoms with Gasteiger partial charge in [-0.3, -0.25) is 9.10 Å². The molecule has 11 heteroatoms. The van der Waals surface area contributed by atoms with E-state index in [2.05, 4.69) is 10.5 Å². The molecule has 0 bridgehead atoms. The third-order valence-corrected chi connectivity index (χ3v) is 7.50. The molecule has 0 aliphatic carbocycles. The number of halogens is 2. The quantitative estimate of drug-likeness (QED) is 0.213. The minimum Gasteiger partial charge on any atom is -0.497 e. The highest BCUT2D eigenvalue weighted by atomic mass is 35.5. The Morgan fingerprint density at radius 3 is 2.54 bits per heavy atom.